The summed E-state index contributed by atoms with van der Waals surface area (Å²) in [4.78, 5) is 42.4. The third kappa shape index (κ3) is 5.31. The Hall–Kier alpha value is -2.43. The largest absolute Gasteiger partial charge is 0.360 e. The molecule has 1 aliphatic heterocycles. The van der Waals surface area contributed by atoms with Crippen molar-refractivity contribution < 1.29 is 4.84 Å². The van der Waals surface area contributed by atoms with Crippen molar-refractivity contribution in [1.29, 1.82) is 0 Å². The molecule has 2 aromatic heterocycles. The van der Waals surface area contributed by atoms with Crippen molar-refractivity contribution in [2.24, 2.45) is 4.99 Å². The second kappa shape index (κ2) is 10.9. The fourth-order valence-electron chi connectivity index (χ4n) is 3.32. The number of imidazole rings is 1. The first kappa shape index (κ1) is 24.2. The molecule has 12 heteroatoms. The molecule has 1 aliphatic rings. The number of aliphatic imine (C=N–C) groups is 1. The average Bonchev–Trinajstić information content (AvgIpc) is 3.37. The molecule has 3 heterocycles. The van der Waals surface area contributed by atoms with E-state index < -0.39 is 5.56 Å². The molecule has 0 amide bonds. The SMILES string of the molecule is C=CCC(C(=S)Cl)=C1N=C(CCCCn2c(=O)c3[nH]c(Cl)nc3n(CCCC)c2=O)NO1. The summed E-state index contributed by atoms with van der Waals surface area (Å²) >= 11 is 16.9. The average molecular weight is 499 g/mol. The first-order chi connectivity index (χ1) is 15.4. The zero-order valence-corrected chi connectivity index (χ0v) is 19.9. The van der Waals surface area contributed by atoms with E-state index in [1.807, 2.05) is 6.92 Å². The highest BCUT2D eigenvalue weighted by molar-refractivity contribution is 7.83. The Labute approximate surface area is 199 Å². The number of aromatic nitrogens is 4. The van der Waals surface area contributed by atoms with Crippen LogP contribution in [0.2, 0.25) is 5.28 Å². The smallest absolute Gasteiger partial charge is 0.332 e. The summed E-state index contributed by atoms with van der Waals surface area (Å²) in [6, 6.07) is 0. The molecule has 9 nitrogen and oxygen atoms in total. The lowest BCUT2D eigenvalue weighted by Gasteiger charge is -2.10. The van der Waals surface area contributed by atoms with Crippen LogP contribution in [-0.2, 0) is 17.9 Å². The Kier molecular flexibility index (Phi) is 8.27. The predicted octanol–water partition coefficient (Wildman–Crippen LogP) is 3.80. The Balaban J connectivity index is 1.72. The Bertz CT molecular complexity index is 1210. The quantitative estimate of drug-likeness (QED) is 0.122. The maximum absolute atomic E-state index is 12.9. The number of hydrogen-bond acceptors (Lipinski definition) is 7. The molecule has 2 aromatic rings. The molecular weight excluding hydrogens is 475 g/mol. The summed E-state index contributed by atoms with van der Waals surface area (Å²) in [5.41, 5.74) is 3.07. The summed E-state index contributed by atoms with van der Waals surface area (Å²) in [5.74, 6) is 0.953. The molecular formula is C20H24Cl2N6O3S. The first-order valence-electron chi connectivity index (χ1n) is 10.3. The Morgan fingerprint density at radius 2 is 2.00 bits per heavy atom. The summed E-state index contributed by atoms with van der Waals surface area (Å²) in [5, 5.41) is 0.0842. The van der Waals surface area contributed by atoms with Gasteiger partial charge in [0.15, 0.2) is 11.2 Å². The molecule has 0 bridgehead atoms. The number of halogens is 2. The van der Waals surface area contributed by atoms with Crippen LogP contribution in [0.15, 0.2) is 38.7 Å². The van der Waals surface area contributed by atoms with Gasteiger partial charge < -0.3 is 9.82 Å². The number of fused-ring (bicyclic) bond motifs is 1. The van der Waals surface area contributed by atoms with Crippen molar-refractivity contribution in [2.75, 3.05) is 0 Å². The third-order valence-corrected chi connectivity index (χ3v) is 5.61. The maximum atomic E-state index is 12.9. The van der Waals surface area contributed by atoms with Gasteiger partial charge in [0, 0.05) is 19.5 Å². The number of allylic oxidation sites excluding steroid dienone is 2. The van der Waals surface area contributed by atoms with Gasteiger partial charge in [-0.25, -0.2) is 10.3 Å². The van der Waals surface area contributed by atoms with Gasteiger partial charge in [0.25, 0.3) is 11.4 Å². The topological polar surface area (TPSA) is 106 Å². The number of aryl methyl sites for hydroxylation is 1. The lowest BCUT2D eigenvalue weighted by atomic mass is 10.2. The summed E-state index contributed by atoms with van der Waals surface area (Å²) < 4.78 is 2.92. The Morgan fingerprint density at radius 1 is 1.25 bits per heavy atom. The standard InChI is InChI=1S/C20H24Cl2N6O3S/c1-3-5-10-27-16-14(24-19(22)25-16)18(29)28(20(27)30)11-7-6-9-13-23-17(31-26-13)12(8-4-2)15(21)32/h4H,2-3,5-11H2,1H3,(H,23,26)(H,24,25). The van der Waals surface area contributed by atoms with E-state index in [-0.39, 0.29) is 27.4 Å². The van der Waals surface area contributed by atoms with Gasteiger partial charge in [0.2, 0.25) is 5.28 Å². The van der Waals surface area contributed by atoms with Crippen molar-refractivity contribution in [2.45, 2.75) is 58.5 Å². The molecule has 172 valence electrons. The lowest BCUT2D eigenvalue weighted by Crippen LogP contribution is -2.40. The maximum Gasteiger partial charge on any atom is 0.332 e. The van der Waals surface area contributed by atoms with Crippen LogP contribution in [0.1, 0.15) is 45.4 Å². The molecule has 32 heavy (non-hydrogen) atoms. The number of hydrogen-bond donors (Lipinski definition) is 2. The van der Waals surface area contributed by atoms with E-state index in [2.05, 4.69) is 27.0 Å². The van der Waals surface area contributed by atoms with Crippen LogP contribution in [0.3, 0.4) is 0 Å². The molecule has 0 fully saturated rings. The van der Waals surface area contributed by atoms with Gasteiger partial charge in [-0.3, -0.25) is 13.9 Å². The second-order valence-electron chi connectivity index (χ2n) is 7.24. The molecule has 0 aromatic carbocycles. The summed E-state index contributed by atoms with van der Waals surface area (Å²) in [7, 11) is 0. The number of unbranched alkanes of at least 4 members (excludes halogenated alkanes) is 2. The molecule has 0 aliphatic carbocycles. The van der Waals surface area contributed by atoms with Crippen LogP contribution >= 0.6 is 35.4 Å². The van der Waals surface area contributed by atoms with Crippen molar-refractivity contribution in [3.8, 4) is 0 Å². The molecule has 0 radical (unpaired) electrons. The highest BCUT2D eigenvalue weighted by Gasteiger charge is 2.19. The number of nitrogens with zero attached hydrogens (tertiary/aromatic N) is 4. The van der Waals surface area contributed by atoms with Crippen LogP contribution in [-0.4, -0.2) is 29.3 Å². The first-order valence-corrected chi connectivity index (χ1v) is 11.5. The summed E-state index contributed by atoms with van der Waals surface area (Å²) in [6.07, 6.45) is 5.64. The van der Waals surface area contributed by atoms with Crippen molar-refractivity contribution in [1.82, 2.24) is 24.6 Å². The number of thiocarbonyl (C=S) groups is 1. The van der Waals surface area contributed by atoms with Gasteiger partial charge in [-0.2, -0.15) is 9.98 Å². The highest BCUT2D eigenvalue weighted by Crippen LogP contribution is 2.20. The minimum atomic E-state index is -0.424. The molecule has 0 atom stereocenters. The fourth-order valence-corrected chi connectivity index (χ4v) is 3.83. The second-order valence-corrected chi connectivity index (χ2v) is 8.61. The van der Waals surface area contributed by atoms with Crippen LogP contribution < -0.4 is 16.7 Å². The van der Waals surface area contributed by atoms with E-state index in [0.29, 0.717) is 55.2 Å². The number of hydroxylamine groups is 1. The third-order valence-electron chi connectivity index (χ3n) is 4.96. The van der Waals surface area contributed by atoms with Gasteiger partial charge in [0.05, 0.1) is 5.57 Å². The predicted molar refractivity (Wildman–Crippen MR) is 130 cm³/mol. The van der Waals surface area contributed by atoms with E-state index in [0.717, 1.165) is 12.8 Å². The number of aromatic amines is 1. The minimum Gasteiger partial charge on any atom is -0.360 e. The van der Waals surface area contributed by atoms with Crippen molar-refractivity contribution >= 4 is 56.7 Å². The number of nitrogens with one attached hydrogen (secondary N) is 2. The van der Waals surface area contributed by atoms with E-state index in [1.54, 1.807) is 6.08 Å². The van der Waals surface area contributed by atoms with Crippen LogP contribution in [0.5, 0.6) is 0 Å². The van der Waals surface area contributed by atoms with E-state index >= 15 is 0 Å². The van der Waals surface area contributed by atoms with E-state index in [9.17, 15) is 9.59 Å². The van der Waals surface area contributed by atoms with Crippen LogP contribution in [0.25, 0.3) is 11.2 Å². The zero-order chi connectivity index (χ0) is 23.3. The van der Waals surface area contributed by atoms with Gasteiger partial charge in [-0.1, -0.05) is 43.2 Å². The molecule has 0 saturated carbocycles. The molecule has 2 N–H and O–H groups in total. The fraction of sp³-hybridized carbons (Fsp3) is 0.450. The van der Waals surface area contributed by atoms with Gasteiger partial charge in [-0.15, -0.1) is 6.58 Å². The van der Waals surface area contributed by atoms with Crippen molar-refractivity contribution in [3.63, 3.8) is 0 Å². The molecule has 0 spiro atoms. The van der Waals surface area contributed by atoms with Crippen molar-refractivity contribution in [3.05, 3.63) is 50.2 Å². The summed E-state index contributed by atoms with van der Waals surface area (Å²) in [6.45, 7) is 6.44. The number of amidine groups is 1. The van der Waals surface area contributed by atoms with Gasteiger partial charge in [0.1, 0.15) is 10.2 Å². The molecule has 0 saturated heterocycles. The molecule has 0 unspecified atom stereocenters. The van der Waals surface area contributed by atoms with E-state index in [1.165, 1.54) is 9.13 Å². The van der Waals surface area contributed by atoms with Crippen LogP contribution in [0, 0.1) is 0 Å². The van der Waals surface area contributed by atoms with Gasteiger partial charge in [-0.05, 0) is 37.3 Å². The normalized spacial score (nSPS) is 14.8. The zero-order valence-electron chi connectivity index (χ0n) is 17.6. The van der Waals surface area contributed by atoms with E-state index in [4.69, 9.17) is 40.3 Å². The lowest BCUT2D eigenvalue weighted by molar-refractivity contribution is 0.174. The minimum absolute atomic E-state index is 0.0842. The van der Waals surface area contributed by atoms with Gasteiger partial charge >= 0.3 is 5.69 Å². The Morgan fingerprint density at radius 3 is 2.69 bits per heavy atom. The molecule has 3 rings (SSSR count). The van der Waals surface area contributed by atoms with Crippen LogP contribution in [0.4, 0.5) is 0 Å². The monoisotopic (exact) mass is 498 g/mol. The highest BCUT2D eigenvalue weighted by atomic mass is 35.5. The number of H-pyrrole nitrogens is 1. The number of rotatable bonds is 11.